The minimum atomic E-state index is -1.28. The van der Waals surface area contributed by atoms with Gasteiger partial charge in [0.15, 0.2) is 5.13 Å². The molecule has 1 saturated heterocycles. The summed E-state index contributed by atoms with van der Waals surface area (Å²) in [5, 5.41) is 26.7. The van der Waals surface area contributed by atoms with E-state index in [4.69, 9.17) is 11.5 Å². The maximum absolute atomic E-state index is 13.0. The highest BCUT2D eigenvalue weighted by molar-refractivity contribution is 8.00. The van der Waals surface area contributed by atoms with Crippen molar-refractivity contribution in [2.24, 2.45) is 10.9 Å². The van der Waals surface area contributed by atoms with Crippen LogP contribution in [0.3, 0.4) is 0 Å². The first-order chi connectivity index (χ1) is 18.7. The molecular weight excluding hydrogens is 552 g/mol. The fourth-order valence-corrected chi connectivity index (χ4v) is 6.07. The highest BCUT2D eigenvalue weighted by atomic mass is 32.2. The summed E-state index contributed by atoms with van der Waals surface area (Å²) in [5.41, 5.74) is 11.4. The Kier molecular flexibility index (Phi) is 6.89. The molecule has 1 fully saturated rings. The van der Waals surface area contributed by atoms with Gasteiger partial charge in [0.1, 0.15) is 36.1 Å². The van der Waals surface area contributed by atoms with Gasteiger partial charge in [0.05, 0.1) is 6.54 Å². The molecule has 0 aliphatic carbocycles. The zero-order chi connectivity index (χ0) is 27.8. The molecule has 2 atom stereocenters. The summed E-state index contributed by atoms with van der Waals surface area (Å²) in [5.74, 6) is -2.63. The second kappa shape index (κ2) is 10.3. The molecule has 0 saturated carbocycles. The highest BCUT2D eigenvalue weighted by Gasteiger charge is 2.54. The molecule has 16 nitrogen and oxygen atoms in total. The number of β-lactam (4-membered cyclic amide) rings is 1. The molecule has 3 amide bonds. The van der Waals surface area contributed by atoms with Crippen molar-refractivity contribution in [3.8, 4) is 0 Å². The number of aliphatic carboxylic acids is 1. The zero-order valence-electron chi connectivity index (χ0n) is 19.8. The summed E-state index contributed by atoms with van der Waals surface area (Å²) < 4.78 is 7.33. The molecule has 5 rings (SSSR count). The van der Waals surface area contributed by atoms with E-state index in [1.807, 2.05) is 0 Å². The van der Waals surface area contributed by atoms with Crippen molar-refractivity contribution in [1.29, 1.82) is 0 Å². The number of nitrogen functional groups attached to an aromatic ring is 1. The smallest absolute Gasteiger partial charge is 0.352 e. The maximum Gasteiger partial charge on any atom is 0.352 e. The molecule has 5 heterocycles. The van der Waals surface area contributed by atoms with Crippen LogP contribution in [-0.4, -0.2) is 82.1 Å². The Bertz CT molecular complexity index is 1580. The summed E-state index contributed by atoms with van der Waals surface area (Å²) in [4.78, 5) is 54.7. The summed E-state index contributed by atoms with van der Waals surface area (Å²) in [6.45, 7) is -0.0219. The van der Waals surface area contributed by atoms with Gasteiger partial charge < -0.3 is 27.1 Å². The number of oxime groups is 1. The van der Waals surface area contributed by atoms with Crippen LogP contribution in [0.25, 0.3) is 5.65 Å². The van der Waals surface area contributed by atoms with Gasteiger partial charge in [-0.25, -0.2) is 9.36 Å². The molecule has 3 aromatic heterocycles. The number of hydrogen-bond acceptors (Lipinski definition) is 12. The van der Waals surface area contributed by atoms with E-state index in [1.54, 1.807) is 39.6 Å². The molecule has 3 aromatic rings. The summed E-state index contributed by atoms with van der Waals surface area (Å²) in [6, 6.07) is 4.18. The van der Waals surface area contributed by atoms with Gasteiger partial charge in [-0.2, -0.15) is 13.8 Å². The molecular formula is C21H21N10O6S2+. The third kappa shape index (κ3) is 4.64. The number of nitrogens with one attached hydrogen (secondary N) is 2. The Morgan fingerprint density at radius 1 is 1.31 bits per heavy atom. The number of nitrogens with zero attached hydrogens (tertiary/aromatic N) is 6. The number of hydrogen-bond donors (Lipinski definition) is 6. The van der Waals surface area contributed by atoms with Crippen LogP contribution in [-0.2, 0) is 25.7 Å². The first kappa shape index (κ1) is 26.1. The summed E-state index contributed by atoms with van der Waals surface area (Å²) >= 11 is 2.08. The normalized spacial score (nSPS) is 19.1. The van der Waals surface area contributed by atoms with E-state index in [2.05, 4.69) is 25.1 Å². The Balaban J connectivity index is 1.37. The number of fused-ring (bicyclic) bond motifs is 2. The van der Waals surface area contributed by atoms with Crippen LogP contribution in [0.4, 0.5) is 10.9 Å². The van der Waals surface area contributed by atoms with Crippen molar-refractivity contribution in [2.75, 3.05) is 23.3 Å². The van der Waals surface area contributed by atoms with Crippen LogP contribution in [0.5, 0.6) is 0 Å². The Morgan fingerprint density at radius 2 is 2.10 bits per heavy atom. The first-order valence-corrected chi connectivity index (χ1v) is 13.1. The number of carboxylic acids is 1. The topological polar surface area (TPSA) is 235 Å². The molecule has 202 valence electrons. The molecule has 0 spiro atoms. The second-order valence-corrected chi connectivity index (χ2v) is 10.2. The molecule has 2 aliphatic heterocycles. The minimum Gasteiger partial charge on any atom is -0.477 e. The van der Waals surface area contributed by atoms with Gasteiger partial charge in [0, 0.05) is 35.0 Å². The number of thioether (sulfide) groups is 1. The Hall–Kier alpha value is -4.55. The van der Waals surface area contributed by atoms with Gasteiger partial charge in [-0.1, -0.05) is 5.16 Å². The van der Waals surface area contributed by atoms with Gasteiger partial charge in [-0.15, -0.1) is 11.8 Å². The van der Waals surface area contributed by atoms with Gasteiger partial charge >= 0.3 is 5.97 Å². The lowest BCUT2D eigenvalue weighted by molar-refractivity contribution is -0.662. The van der Waals surface area contributed by atoms with Crippen molar-refractivity contribution in [3.05, 3.63) is 47.7 Å². The van der Waals surface area contributed by atoms with E-state index < -0.39 is 34.9 Å². The summed E-state index contributed by atoms with van der Waals surface area (Å²) in [6.07, 6.45) is 3.44. The van der Waals surface area contributed by atoms with Crippen LogP contribution in [0.2, 0.25) is 0 Å². The van der Waals surface area contributed by atoms with Crippen molar-refractivity contribution >= 4 is 69.3 Å². The Morgan fingerprint density at radius 3 is 2.77 bits per heavy atom. The van der Waals surface area contributed by atoms with Crippen LogP contribution in [0.1, 0.15) is 5.82 Å². The second-order valence-electron chi connectivity index (χ2n) is 8.34. The number of anilines is 2. The molecule has 0 bridgehead atoms. The molecule has 39 heavy (non-hydrogen) atoms. The predicted octanol–water partition coefficient (Wildman–Crippen LogP) is -1.83. The van der Waals surface area contributed by atoms with Gasteiger partial charge in [-0.3, -0.25) is 24.6 Å². The van der Waals surface area contributed by atoms with Crippen molar-refractivity contribution in [1.82, 2.24) is 24.0 Å². The zero-order valence-corrected chi connectivity index (χ0v) is 21.5. The maximum atomic E-state index is 13.0. The lowest BCUT2D eigenvalue weighted by atomic mass is 10.0. The van der Waals surface area contributed by atoms with Gasteiger partial charge in [-0.05, 0) is 6.07 Å². The monoisotopic (exact) mass is 573 g/mol. The molecule has 8 N–H and O–H groups in total. The molecule has 0 aromatic carbocycles. The van der Waals surface area contributed by atoms with E-state index in [0.29, 0.717) is 17.0 Å². The SMILES string of the molecule is NCC(=O)Nc1cccc2n1cc[n+]2CC1=C(C(=O)O)N2C(=O)[C@@H](NC(=O)/C(=N/O)c3nsc(N)n3)[C@H]2SC1. The van der Waals surface area contributed by atoms with Crippen molar-refractivity contribution < 1.29 is 34.1 Å². The number of aromatic nitrogens is 4. The number of nitrogens with two attached hydrogens (primary N) is 2. The average Bonchev–Trinajstić information content (AvgIpc) is 3.53. The van der Waals surface area contributed by atoms with Crippen molar-refractivity contribution in [2.45, 2.75) is 18.0 Å². The number of imidazole rings is 1. The molecule has 18 heteroatoms. The lowest BCUT2D eigenvalue weighted by Gasteiger charge is -2.49. The van der Waals surface area contributed by atoms with Crippen LogP contribution >= 0.6 is 23.3 Å². The van der Waals surface area contributed by atoms with E-state index >= 15 is 0 Å². The van der Waals surface area contributed by atoms with E-state index in [9.17, 15) is 29.5 Å². The highest BCUT2D eigenvalue weighted by Crippen LogP contribution is 2.40. The quantitative estimate of drug-likeness (QED) is 0.0576. The van der Waals surface area contributed by atoms with E-state index in [-0.39, 0.29) is 41.4 Å². The number of carboxylic acid groups (broad SMARTS) is 1. The van der Waals surface area contributed by atoms with Gasteiger partial charge in [0.2, 0.25) is 23.3 Å². The number of carbonyl (C=O) groups is 4. The molecule has 0 unspecified atom stereocenters. The van der Waals surface area contributed by atoms with Crippen LogP contribution in [0.15, 0.2) is 47.0 Å². The molecule has 2 aliphatic rings. The Labute approximate surface area is 227 Å². The molecule has 0 radical (unpaired) electrons. The van der Waals surface area contributed by atoms with Crippen LogP contribution in [0, 0.1) is 0 Å². The lowest BCUT2D eigenvalue weighted by Crippen LogP contribution is -2.71. The van der Waals surface area contributed by atoms with Crippen molar-refractivity contribution in [3.63, 3.8) is 0 Å². The fraction of sp³-hybridized carbons (Fsp3) is 0.238. The van der Waals surface area contributed by atoms with E-state index in [0.717, 1.165) is 16.4 Å². The number of pyridine rings is 1. The third-order valence-corrected chi connectivity index (χ3v) is 7.90. The summed E-state index contributed by atoms with van der Waals surface area (Å²) in [7, 11) is 0. The number of amides is 3. The first-order valence-electron chi connectivity index (χ1n) is 11.3. The van der Waals surface area contributed by atoms with Gasteiger partial charge in [0.25, 0.3) is 17.5 Å². The van der Waals surface area contributed by atoms with Crippen LogP contribution < -0.4 is 26.7 Å². The number of rotatable bonds is 8. The predicted molar refractivity (Wildman–Crippen MR) is 138 cm³/mol. The minimum absolute atomic E-state index is 0.0573. The largest absolute Gasteiger partial charge is 0.477 e. The fourth-order valence-electron chi connectivity index (χ4n) is 4.30. The standard InChI is InChI=1S/C21H20N10O6S2/c22-6-11(32)24-10-2-1-3-12-29(4-5-30(10)12)7-9-8-38-19-14(18(34)31(19)15(9)20(35)36)25-17(33)13(27-37)16-26-21(23)39-28-16/h1-5,14,19H,6-8,22H2,(H5,23,25,26,28,33,35,36,37)/p+1/t14-,19-/m1/s1. The van der Waals surface area contributed by atoms with E-state index in [1.165, 1.54) is 11.8 Å². The third-order valence-electron chi connectivity index (χ3n) is 6.01. The number of carbonyl (C=O) groups excluding carboxylic acids is 3. The average molecular weight is 574 g/mol.